The molecule has 0 amide bonds. The van der Waals surface area contributed by atoms with E-state index < -0.39 is 0 Å². The first-order chi connectivity index (χ1) is 0. The summed E-state index contributed by atoms with van der Waals surface area (Å²) in [4.78, 5) is 0. The molecule has 0 nitrogen and oxygen atoms in total. The van der Waals surface area contributed by atoms with E-state index in [0.717, 1.165) is 0 Å². The van der Waals surface area contributed by atoms with Crippen molar-refractivity contribution in [2.75, 3.05) is 0 Å². The van der Waals surface area contributed by atoms with Crippen LogP contribution in [0.25, 0.3) is 0 Å². The van der Waals surface area contributed by atoms with E-state index in [1.54, 1.807) is 0 Å². The predicted octanol–water partition coefficient (Wildman–Crippen LogP) is 0. The van der Waals surface area contributed by atoms with Crippen molar-refractivity contribution in [1.29, 1.82) is 0 Å². The van der Waals surface area contributed by atoms with Gasteiger partial charge in [0.1, 0.15) is 0 Å². The van der Waals surface area contributed by atoms with Crippen molar-refractivity contribution in [3.8, 4) is 0 Å². The van der Waals surface area contributed by atoms with Gasteiger partial charge in [-0.2, -0.15) is 0 Å². The van der Waals surface area contributed by atoms with Crippen molar-refractivity contribution in [3.05, 3.63) is 0 Å². The Kier molecular flexibility index (Phi) is 0. The second-order valence-corrected chi connectivity index (χ2v) is 0. The second kappa shape index (κ2) is -0.00132. The molecule has 0 aliphatic heterocycles. The van der Waals surface area contributed by atoms with E-state index in [9.17, 15) is 0 Å². The SMILES string of the molecule is [Rf].[Rf].[Rf].[Rf].[Rf].[Rf].[Rf].[Rf].[Rf].[Rf].[Rf].[Rf].[Rf].[Rf].[Rf].[Rf].[Rf].[Rf].[Rf].[Rf].[Rf].[Rf].[Rf].[Rf].[Rf].[Rf].[Rf].[Rf].[Rf].[Rf].[Rf].[Rf].[Rf].[Rf].[Rf].[Rf].[Rf].[Rf].[Rf].[Rf].[Rf].[Rf].[Rf].[Rf].[Rf].[Rf].[Rf].[Rf].[Rf].[Rf].[Rf].[Rf].[Rf].[Rf].[Rf]. The van der Waals surface area contributed by atoms with Gasteiger partial charge in [-0.15, -0.1) is 0 Å². The number of rotatable bonds is 0. The first-order valence-electron chi connectivity index (χ1n) is 0. The third-order valence-electron chi connectivity index (χ3n) is 0. The topological polar surface area (TPSA) is 0 Å². The molecule has 0 aromatic heterocycles. The molecule has 0 rings (SSSR count). The maximum atomic E-state index is 0. The van der Waals surface area contributed by atoms with Gasteiger partial charge < -0.3 is 0 Å². The molecule has 0 fully saturated rings. The molecule has 0 bridgehead atoms. The Morgan fingerprint density at radius 1 is 0.0182 bits per heavy atom. The first kappa shape index (κ1) is 0. The van der Waals surface area contributed by atoms with Crippen molar-refractivity contribution < 1.29 is 0 Å². The molecule has 110 valence electrons. The van der Waals surface area contributed by atoms with Gasteiger partial charge >= 0.3 is 0 Å². The van der Waals surface area contributed by atoms with Crippen LogP contribution in [0.5, 0.6) is 0 Å². The van der Waals surface area contributed by atoms with Gasteiger partial charge in [0.2, 0.25) is 0 Å². The van der Waals surface area contributed by atoms with Crippen molar-refractivity contribution in [3.63, 3.8) is 0 Å². The normalized spacial score (nSPS) is 0. The van der Waals surface area contributed by atoms with Crippen LogP contribution in [0.15, 0.2) is 0 Å². The molecule has 0 aliphatic carbocycles. The van der Waals surface area contributed by atoms with E-state index in [-0.39, 0.29) is 0 Å². The minimum Gasteiger partial charge on any atom is 0 e. The number of hydrogen-bond acceptors (Lipinski definition) is 0. The van der Waals surface area contributed by atoms with E-state index in [2.05, 4.69) is 0 Å². The third kappa shape index (κ3) is -0.00298. The zero-order valence-corrected chi connectivity index (χ0v) is 391. The Morgan fingerprint density at radius 2 is 0.0182 bits per heavy atom. The van der Waals surface area contributed by atoms with Crippen LogP contribution in [0.1, 0.15) is 0 Å². The fraction of sp³-hybridized carbons (Fsp3) is 0. The summed E-state index contributed by atoms with van der Waals surface area (Å²) < 4.78 is 0. The van der Waals surface area contributed by atoms with Crippen LogP contribution in [0, 0.1) is 0 Å². The van der Waals surface area contributed by atoms with Crippen LogP contribution in [0.3, 0.4) is 0 Å². The molecule has 0 heterocycles. The molecule has 0 radical (unpaired) electrons. The summed E-state index contributed by atoms with van der Waals surface area (Å²) >= 11 is 0. The van der Waals surface area contributed by atoms with Crippen LogP contribution in [0.4, 0.5) is 0 Å². The Balaban J connectivity index is 0. The van der Waals surface area contributed by atoms with Gasteiger partial charge in [0.25, 0.3) is 0 Å². The molecule has 0 N–H and O–H groups in total. The van der Waals surface area contributed by atoms with E-state index in [1.807, 2.05) is 0 Å². The standard InChI is InChI=1S/55Rf. The van der Waals surface area contributed by atoms with Crippen LogP contribution >= 0.6 is 0 Å². The zero-order chi connectivity index (χ0) is 0. The monoisotopic (exact) mass is 14700 g/mol. The van der Waals surface area contributed by atoms with Gasteiger partial charge in [0.05, 0.1) is 0 Å². The summed E-state index contributed by atoms with van der Waals surface area (Å²) in [7, 11) is 0. The number of hydrogen-bond donors (Lipinski definition) is 0. The van der Waals surface area contributed by atoms with Crippen LogP contribution < -0.4 is 0 Å². The van der Waals surface area contributed by atoms with Gasteiger partial charge in [-0.1, -0.05) is 0 Å². The van der Waals surface area contributed by atoms with Gasteiger partial charge in [-0.25, -0.2) is 0 Å². The van der Waals surface area contributed by atoms with Crippen molar-refractivity contribution in [2.24, 2.45) is 0 Å². The quantitative estimate of drug-likeness (QED) is 0.321. The van der Waals surface area contributed by atoms with Gasteiger partial charge in [-0.05, 0) is 0 Å². The smallest absolute Gasteiger partial charge is 0 e. The summed E-state index contributed by atoms with van der Waals surface area (Å²) in [5.41, 5.74) is 0. The molecule has 0 aliphatic rings. The summed E-state index contributed by atoms with van der Waals surface area (Å²) in [5, 5.41) is 0. The summed E-state index contributed by atoms with van der Waals surface area (Å²) in [6, 6.07) is 0. The zero-order valence-electron chi connectivity index (χ0n) is 38.9. The molecule has 0 saturated heterocycles. The van der Waals surface area contributed by atoms with E-state index in [0.29, 0.717) is 0 Å². The molecule has 0 spiro atoms. The molecular weight excluding hydrogens is 14700 g/mol. The molecule has 0 saturated carbocycles. The van der Waals surface area contributed by atoms with Crippen molar-refractivity contribution in [1.82, 2.24) is 0 Å². The van der Waals surface area contributed by atoms with Crippen LogP contribution in [-0.4, -0.2) is 0 Å². The Morgan fingerprint density at radius 3 is 0.0182 bits per heavy atom. The van der Waals surface area contributed by atoms with E-state index in [1.165, 1.54) is 0 Å². The third-order valence-corrected chi connectivity index (χ3v) is 0. The molecule has 0 atom stereocenters. The molecule has 0 unspecified atom stereocenters. The second-order valence-electron chi connectivity index (χ2n) is 0. The summed E-state index contributed by atoms with van der Waals surface area (Å²) in [5.74, 6) is 0. The minimum absolute atomic E-state index is 0. The summed E-state index contributed by atoms with van der Waals surface area (Å²) in [6.45, 7) is 0. The average Bonchev–Trinajstić information content (AvgIpc) is 0. The molecule has 0 aromatic carbocycles. The maximum absolute atomic E-state index is 0. The fourth-order valence-electron chi connectivity index (χ4n) is 0. The van der Waals surface area contributed by atoms with Crippen molar-refractivity contribution in [2.45, 2.75) is 0 Å². The maximum Gasteiger partial charge on any atom is 0 e. The van der Waals surface area contributed by atoms with Crippen LogP contribution in [-0.2, 0) is 0 Å². The molecule has 55 heteroatoms. The predicted molar refractivity (Wildman–Crippen MR) is 0 cm³/mol. The van der Waals surface area contributed by atoms with Gasteiger partial charge in [-0.3, -0.25) is 0 Å². The van der Waals surface area contributed by atoms with E-state index in [4.69, 9.17) is 0 Å². The molecule has 0 aromatic rings. The Labute approximate surface area is 0 Å². The van der Waals surface area contributed by atoms with Crippen LogP contribution in [0.2, 0.25) is 0 Å². The largest absolute Gasteiger partial charge is 0 e. The van der Waals surface area contributed by atoms with E-state index >= 15 is 0 Å². The summed E-state index contributed by atoms with van der Waals surface area (Å²) in [6.07, 6.45) is 0. The minimum atomic E-state index is 0. The average molecular weight is 14700 g/mol. The van der Waals surface area contributed by atoms with Gasteiger partial charge in [0.15, 0.2) is 0 Å². The fourth-order valence-corrected chi connectivity index (χ4v) is 0. The first-order valence-corrected chi connectivity index (χ1v) is 0. The molecule has 55 heavy (non-hydrogen) atoms. The van der Waals surface area contributed by atoms with Crippen molar-refractivity contribution >= 4 is 0 Å². The molecular formula is Rf55. The van der Waals surface area contributed by atoms with Gasteiger partial charge in [0, 0.05) is 0 Å². The Bertz CT molecular complexity index is 0. The Hall–Kier alpha value is -55.0.